The van der Waals surface area contributed by atoms with Gasteiger partial charge in [-0.25, -0.2) is 0 Å². The third-order valence-electron chi connectivity index (χ3n) is 6.40. The zero-order valence-corrected chi connectivity index (χ0v) is 19.1. The van der Waals surface area contributed by atoms with Crippen LogP contribution < -0.4 is 9.80 Å². The molecule has 4 heteroatoms. The van der Waals surface area contributed by atoms with Crippen LogP contribution in [-0.4, -0.2) is 44.1 Å². The van der Waals surface area contributed by atoms with Crippen molar-refractivity contribution < 1.29 is 4.74 Å². The van der Waals surface area contributed by atoms with E-state index in [2.05, 4.69) is 86.9 Å². The number of hydrogen-bond acceptors (Lipinski definition) is 4. The molecule has 4 rings (SSSR count). The normalized spacial score (nSPS) is 21.3. The molecule has 1 saturated heterocycles. The Bertz CT molecular complexity index is 895. The Morgan fingerprint density at radius 3 is 2.43 bits per heavy atom. The van der Waals surface area contributed by atoms with Crippen molar-refractivity contribution in [2.75, 3.05) is 36.1 Å². The standard InChI is InChI=1S/C26H35N3O/c1-19(2)29-25-11-6-21(16-24(25)20(3)17-26(29,4)5)18-27-22-7-9-23(10-8-22)28-12-14-30-15-13-28/h6-11,16,18-20H,12-15,17H2,1-5H3/t20-/m1/s1. The van der Waals surface area contributed by atoms with Crippen molar-refractivity contribution in [3.63, 3.8) is 0 Å². The number of benzene rings is 2. The SMILES string of the molecule is CC(C)N1c2ccc(C=Nc3ccc(N4CCOCC4)cc3)cc2[C@H](C)CC1(C)C. The summed E-state index contributed by atoms with van der Waals surface area (Å²) in [6.45, 7) is 15.2. The second-order valence-corrected chi connectivity index (χ2v) is 9.57. The third kappa shape index (κ3) is 4.24. The fraction of sp³-hybridized carbons (Fsp3) is 0.500. The lowest BCUT2D eigenvalue weighted by Crippen LogP contribution is -2.51. The summed E-state index contributed by atoms with van der Waals surface area (Å²) in [7, 11) is 0. The van der Waals surface area contributed by atoms with E-state index in [1.165, 1.54) is 28.9 Å². The second-order valence-electron chi connectivity index (χ2n) is 9.57. The largest absolute Gasteiger partial charge is 0.378 e. The first kappa shape index (κ1) is 20.9. The van der Waals surface area contributed by atoms with Crippen molar-refractivity contribution in [2.45, 2.75) is 58.5 Å². The Morgan fingerprint density at radius 2 is 1.77 bits per heavy atom. The number of rotatable bonds is 4. The van der Waals surface area contributed by atoms with Crippen LogP contribution in [0.15, 0.2) is 47.5 Å². The highest BCUT2D eigenvalue weighted by Gasteiger charge is 2.37. The molecule has 2 heterocycles. The predicted octanol–water partition coefficient (Wildman–Crippen LogP) is 5.77. The van der Waals surface area contributed by atoms with Gasteiger partial charge in [0.2, 0.25) is 0 Å². The highest BCUT2D eigenvalue weighted by atomic mass is 16.5. The van der Waals surface area contributed by atoms with E-state index >= 15 is 0 Å². The molecule has 2 aliphatic rings. The maximum Gasteiger partial charge on any atom is 0.0642 e. The van der Waals surface area contributed by atoms with Gasteiger partial charge < -0.3 is 14.5 Å². The van der Waals surface area contributed by atoms with Crippen LogP contribution in [0.25, 0.3) is 0 Å². The molecule has 4 nitrogen and oxygen atoms in total. The van der Waals surface area contributed by atoms with Crippen LogP contribution in [0.1, 0.15) is 58.1 Å². The molecule has 0 radical (unpaired) electrons. The Hall–Kier alpha value is -2.33. The van der Waals surface area contributed by atoms with Crippen LogP contribution in [0.5, 0.6) is 0 Å². The lowest BCUT2D eigenvalue weighted by molar-refractivity contribution is 0.122. The molecule has 0 spiro atoms. The van der Waals surface area contributed by atoms with Crippen molar-refractivity contribution in [2.24, 2.45) is 4.99 Å². The number of aliphatic imine (C=N–C) groups is 1. The molecule has 1 atom stereocenters. The van der Waals surface area contributed by atoms with Gasteiger partial charge in [-0.1, -0.05) is 13.0 Å². The Kier molecular flexibility index (Phi) is 5.88. The highest BCUT2D eigenvalue weighted by Crippen LogP contribution is 2.44. The molecule has 0 saturated carbocycles. The summed E-state index contributed by atoms with van der Waals surface area (Å²) in [6.07, 6.45) is 3.16. The summed E-state index contributed by atoms with van der Waals surface area (Å²) >= 11 is 0. The number of ether oxygens (including phenoxy) is 1. The minimum absolute atomic E-state index is 0.179. The molecule has 2 aliphatic heterocycles. The summed E-state index contributed by atoms with van der Waals surface area (Å²) in [5.41, 5.74) is 6.40. The Balaban J connectivity index is 1.53. The molecule has 0 N–H and O–H groups in total. The summed E-state index contributed by atoms with van der Waals surface area (Å²) in [4.78, 5) is 9.68. The summed E-state index contributed by atoms with van der Waals surface area (Å²) in [5, 5.41) is 0. The van der Waals surface area contributed by atoms with Crippen molar-refractivity contribution >= 4 is 23.3 Å². The minimum Gasteiger partial charge on any atom is -0.378 e. The van der Waals surface area contributed by atoms with Crippen LogP contribution in [0.2, 0.25) is 0 Å². The number of anilines is 2. The van der Waals surface area contributed by atoms with E-state index in [1.807, 2.05) is 6.21 Å². The summed E-state index contributed by atoms with van der Waals surface area (Å²) in [5.74, 6) is 0.547. The fourth-order valence-corrected chi connectivity index (χ4v) is 5.25. The van der Waals surface area contributed by atoms with E-state index in [0.29, 0.717) is 12.0 Å². The predicted molar refractivity (Wildman–Crippen MR) is 128 cm³/mol. The van der Waals surface area contributed by atoms with Gasteiger partial charge in [0.05, 0.1) is 18.9 Å². The van der Waals surface area contributed by atoms with Crippen molar-refractivity contribution in [3.8, 4) is 0 Å². The zero-order chi connectivity index (χ0) is 21.3. The molecule has 30 heavy (non-hydrogen) atoms. The van der Waals surface area contributed by atoms with Crippen LogP contribution in [0, 0.1) is 0 Å². The van der Waals surface area contributed by atoms with E-state index in [0.717, 1.165) is 32.0 Å². The quantitative estimate of drug-likeness (QED) is 0.604. The number of fused-ring (bicyclic) bond motifs is 1. The first-order valence-corrected chi connectivity index (χ1v) is 11.3. The van der Waals surface area contributed by atoms with Crippen molar-refractivity contribution in [1.82, 2.24) is 0 Å². The number of nitrogens with zero attached hydrogens (tertiary/aromatic N) is 3. The molecule has 2 aromatic carbocycles. The van der Waals surface area contributed by atoms with Gasteiger partial charge in [0, 0.05) is 42.3 Å². The third-order valence-corrected chi connectivity index (χ3v) is 6.40. The first-order chi connectivity index (χ1) is 14.3. The van der Waals surface area contributed by atoms with Crippen LogP contribution in [0.3, 0.4) is 0 Å². The molecule has 0 aromatic heterocycles. The fourth-order valence-electron chi connectivity index (χ4n) is 5.25. The molecule has 1 fully saturated rings. The van der Waals surface area contributed by atoms with Crippen molar-refractivity contribution in [1.29, 1.82) is 0 Å². The minimum atomic E-state index is 0.179. The van der Waals surface area contributed by atoms with Gasteiger partial charge >= 0.3 is 0 Å². The van der Waals surface area contributed by atoms with Gasteiger partial charge in [0.25, 0.3) is 0 Å². The van der Waals surface area contributed by atoms with Gasteiger partial charge in [-0.3, -0.25) is 4.99 Å². The molecular formula is C26H35N3O. The summed E-state index contributed by atoms with van der Waals surface area (Å²) < 4.78 is 5.44. The van der Waals surface area contributed by atoms with Crippen LogP contribution in [-0.2, 0) is 4.74 Å². The van der Waals surface area contributed by atoms with E-state index in [4.69, 9.17) is 9.73 Å². The van der Waals surface area contributed by atoms with E-state index in [1.54, 1.807) is 0 Å². The molecule has 0 aliphatic carbocycles. The first-order valence-electron chi connectivity index (χ1n) is 11.3. The van der Waals surface area contributed by atoms with E-state index in [9.17, 15) is 0 Å². The average Bonchev–Trinajstić information content (AvgIpc) is 2.72. The van der Waals surface area contributed by atoms with Gasteiger partial charge in [0.1, 0.15) is 0 Å². The smallest absolute Gasteiger partial charge is 0.0642 e. The molecule has 0 bridgehead atoms. The van der Waals surface area contributed by atoms with Crippen molar-refractivity contribution in [3.05, 3.63) is 53.6 Å². The van der Waals surface area contributed by atoms with E-state index < -0.39 is 0 Å². The maximum absolute atomic E-state index is 5.44. The molecule has 160 valence electrons. The number of hydrogen-bond donors (Lipinski definition) is 0. The molecule has 0 unspecified atom stereocenters. The molecule has 0 amide bonds. The zero-order valence-electron chi connectivity index (χ0n) is 19.1. The summed E-state index contributed by atoms with van der Waals surface area (Å²) in [6, 6.07) is 15.8. The Morgan fingerprint density at radius 1 is 1.07 bits per heavy atom. The molecular weight excluding hydrogens is 370 g/mol. The van der Waals surface area contributed by atoms with Crippen LogP contribution in [0.4, 0.5) is 17.1 Å². The second kappa shape index (κ2) is 8.43. The van der Waals surface area contributed by atoms with Gasteiger partial charge in [0.15, 0.2) is 0 Å². The van der Waals surface area contributed by atoms with Gasteiger partial charge in [-0.15, -0.1) is 0 Å². The monoisotopic (exact) mass is 405 g/mol. The topological polar surface area (TPSA) is 28.1 Å². The Labute approximate surface area is 181 Å². The lowest BCUT2D eigenvalue weighted by Gasteiger charge is -2.50. The lowest BCUT2D eigenvalue weighted by atomic mass is 9.79. The maximum atomic E-state index is 5.44. The average molecular weight is 406 g/mol. The number of morpholine rings is 1. The van der Waals surface area contributed by atoms with Gasteiger partial charge in [-0.05, 0) is 87.6 Å². The van der Waals surface area contributed by atoms with Crippen LogP contribution >= 0.6 is 0 Å². The highest BCUT2D eigenvalue weighted by molar-refractivity contribution is 5.84. The van der Waals surface area contributed by atoms with E-state index in [-0.39, 0.29) is 5.54 Å². The van der Waals surface area contributed by atoms with Gasteiger partial charge in [-0.2, -0.15) is 0 Å². The molecule has 2 aromatic rings.